The number of carbonyl (C=O) groups excluding carboxylic acids is 1. The summed E-state index contributed by atoms with van der Waals surface area (Å²) in [6, 6.07) is 0. The minimum absolute atomic E-state index is 0.0174. The zero-order valence-electron chi connectivity index (χ0n) is 10.3. The van der Waals surface area contributed by atoms with Gasteiger partial charge in [-0.2, -0.15) is 0 Å². The molecule has 0 unspecified atom stereocenters. The van der Waals surface area contributed by atoms with Gasteiger partial charge in [-0.3, -0.25) is 14.2 Å². The fourth-order valence-corrected chi connectivity index (χ4v) is 1.40. The SMILES string of the molecule is CCN(C)CCn1c(=O)[nH]cc(C(C)=O)c1=O. The monoisotopic (exact) mass is 239 g/mol. The number of hydrogen-bond acceptors (Lipinski definition) is 4. The molecule has 0 atom stereocenters. The molecule has 0 amide bonds. The molecule has 0 aliphatic carbocycles. The van der Waals surface area contributed by atoms with Gasteiger partial charge in [0, 0.05) is 19.3 Å². The van der Waals surface area contributed by atoms with E-state index in [1.807, 2.05) is 18.9 Å². The van der Waals surface area contributed by atoms with Gasteiger partial charge in [0.05, 0.1) is 5.56 Å². The van der Waals surface area contributed by atoms with Crippen LogP contribution < -0.4 is 11.2 Å². The Morgan fingerprint density at radius 1 is 1.47 bits per heavy atom. The topological polar surface area (TPSA) is 75.2 Å². The molecule has 1 N–H and O–H groups in total. The van der Waals surface area contributed by atoms with E-state index in [0.29, 0.717) is 6.54 Å². The number of nitrogens with one attached hydrogen (secondary N) is 1. The molecule has 0 spiro atoms. The Bertz CT molecular complexity index is 515. The molecular formula is C11H17N3O3. The molecule has 0 aromatic carbocycles. The van der Waals surface area contributed by atoms with Gasteiger partial charge < -0.3 is 9.88 Å². The van der Waals surface area contributed by atoms with Crippen molar-refractivity contribution >= 4 is 5.78 Å². The summed E-state index contributed by atoms with van der Waals surface area (Å²) in [5.74, 6) is -0.344. The van der Waals surface area contributed by atoms with Crippen molar-refractivity contribution in [3.8, 4) is 0 Å². The molecule has 6 heteroatoms. The number of H-pyrrole nitrogens is 1. The second kappa shape index (κ2) is 5.58. The summed E-state index contributed by atoms with van der Waals surface area (Å²) < 4.78 is 1.06. The maximum atomic E-state index is 11.8. The zero-order chi connectivity index (χ0) is 13.0. The van der Waals surface area contributed by atoms with Crippen molar-refractivity contribution in [2.24, 2.45) is 0 Å². The van der Waals surface area contributed by atoms with Crippen LogP contribution in [0.3, 0.4) is 0 Å². The number of aromatic nitrogens is 2. The predicted octanol–water partition coefficient (Wildman–Crippen LogP) is -0.309. The van der Waals surface area contributed by atoms with E-state index in [2.05, 4.69) is 4.98 Å². The summed E-state index contributed by atoms with van der Waals surface area (Å²) in [7, 11) is 1.90. The summed E-state index contributed by atoms with van der Waals surface area (Å²) >= 11 is 0. The number of ketones is 1. The lowest BCUT2D eigenvalue weighted by molar-refractivity contribution is 0.101. The van der Waals surface area contributed by atoms with Crippen LogP contribution in [-0.4, -0.2) is 40.4 Å². The van der Waals surface area contributed by atoms with E-state index in [1.54, 1.807) is 0 Å². The van der Waals surface area contributed by atoms with Crippen molar-refractivity contribution in [2.75, 3.05) is 20.1 Å². The highest BCUT2D eigenvalue weighted by molar-refractivity contribution is 5.93. The molecule has 0 radical (unpaired) electrons. The maximum Gasteiger partial charge on any atom is 0.328 e. The number of Topliss-reactive ketones (excluding diaryl/α,β-unsaturated/α-hetero) is 1. The van der Waals surface area contributed by atoms with Crippen LogP contribution in [0.4, 0.5) is 0 Å². The Labute approximate surface area is 98.9 Å². The van der Waals surface area contributed by atoms with Crippen molar-refractivity contribution in [3.05, 3.63) is 32.6 Å². The summed E-state index contributed by atoms with van der Waals surface area (Å²) in [5, 5.41) is 0. The molecule has 0 saturated heterocycles. The molecule has 0 aliphatic rings. The molecule has 1 aromatic heterocycles. The van der Waals surface area contributed by atoms with Crippen LogP contribution in [0, 0.1) is 0 Å². The Morgan fingerprint density at radius 2 is 2.12 bits per heavy atom. The number of nitrogens with zero attached hydrogens (tertiary/aromatic N) is 2. The largest absolute Gasteiger partial charge is 0.328 e. The lowest BCUT2D eigenvalue weighted by Gasteiger charge is -2.14. The molecule has 1 aromatic rings. The molecule has 94 valence electrons. The average Bonchev–Trinajstić information content (AvgIpc) is 2.27. The standard InChI is InChI=1S/C11H17N3O3/c1-4-13(3)5-6-14-10(16)9(8(2)15)7-12-11(14)17/h7H,4-6H2,1-3H3,(H,12,17). The van der Waals surface area contributed by atoms with Crippen molar-refractivity contribution < 1.29 is 4.79 Å². The Hall–Kier alpha value is -1.69. The second-order valence-electron chi connectivity index (χ2n) is 3.92. The minimum Gasteiger partial charge on any atom is -0.313 e. The molecule has 17 heavy (non-hydrogen) atoms. The summed E-state index contributed by atoms with van der Waals surface area (Å²) in [6.45, 7) is 4.98. The molecule has 0 fully saturated rings. The third-order valence-electron chi connectivity index (χ3n) is 2.69. The molecule has 0 saturated carbocycles. The van der Waals surface area contributed by atoms with E-state index in [4.69, 9.17) is 0 Å². The smallest absolute Gasteiger partial charge is 0.313 e. The highest BCUT2D eigenvalue weighted by atomic mass is 16.2. The van der Waals surface area contributed by atoms with Crippen LogP contribution in [0.2, 0.25) is 0 Å². The van der Waals surface area contributed by atoms with Gasteiger partial charge in [-0.25, -0.2) is 4.79 Å². The lowest BCUT2D eigenvalue weighted by atomic mass is 10.2. The van der Waals surface area contributed by atoms with E-state index in [1.165, 1.54) is 13.1 Å². The number of carbonyl (C=O) groups is 1. The first-order chi connectivity index (χ1) is 7.97. The normalized spacial score (nSPS) is 10.8. The summed E-state index contributed by atoms with van der Waals surface area (Å²) in [6.07, 6.45) is 1.17. The van der Waals surface area contributed by atoms with E-state index >= 15 is 0 Å². The van der Waals surface area contributed by atoms with E-state index < -0.39 is 11.2 Å². The number of likely N-dealkylation sites (N-methyl/N-ethyl adjacent to an activating group) is 1. The minimum atomic E-state index is -0.522. The van der Waals surface area contributed by atoms with Crippen molar-refractivity contribution in [1.29, 1.82) is 0 Å². The van der Waals surface area contributed by atoms with Crippen molar-refractivity contribution in [1.82, 2.24) is 14.5 Å². The first-order valence-corrected chi connectivity index (χ1v) is 5.49. The van der Waals surface area contributed by atoms with Crippen LogP contribution in [0.1, 0.15) is 24.2 Å². The molecule has 0 bridgehead atoms. The van der Waals surface area contributed by atoms with Gasteiger partial charge in [0.1, 0.15) is 0 Å². The number of rotatable bonds is 5. The quantitative estimate of drug-likeness (QED) is 0.715. The molecule has 1 heterocycles. The van der Waals surface area contributed by atoms with Gasteiger partial charge in [0.15, 0.2) is 5.78 Å². The van der Waals surface area contributed by atoms with E-state index in [9.17, 15) is 14.4 Å². The number of hydrogen-bond donors (Lipinski definition) is 1. The molecule has 6 nitrogen and oxygen atoms in total. The third kappa shape index (κ3) is 3.13. The Balaban J connectivity index is 3.07. The van der Waals surface area contributed by atoms with Crippen LogP contribution in [0.5, 0.6) is 0 Å². The van der Waals surface area contributed by atoms with Crippen LogP contribution in [0.15, 0.2) is 15.8 Å². The Kier molecular flexibility index (Phi) is 4.39. The first kappa shape index (κ1) is 13.4. The van der Waals surface area contributed by atoms with Gasteiger partial charge in [-0.1, -0.05) is 6.92 Å². The highest BCUT2D eigenvalue weighted by Crippen LogP contribution is 1.88. The fraction of sp³-hybridized carbons (Fsp3) is 0.545. The van der Waals surface area contributed by atoms with Gasteiger partial charge in [0.2, 0.25) is 0 Å². The van der Waals surface area contributed by atoms with Crippen molar-refractivity contribution in [2.45, 2.75) is 20.4 Å². The summed E-state index contributed by atoms with van der Waals surface area (Å²) in [4.78, 5) is 38.9. The molecular weight excluding hydrogens is 222 g/mol. The lowest BCUT2D eigenvalue weighted by Crippen LogP contribution is -2.40. The first-order valence-electron chi connectivity index (χ1n) is 5.49. The zero-order valence-corrected chi connectivity index (χ0v) is 10.3. The van der Waals surface area contributed by atoms with E-state index in [-0.39, 0.29) is 17.9 Å². The van der Waals surface area contributed by atoms with Gasteiger partial charge in [0.25, 0.3) is 5.56 Å². The Morgan fingerprint density at radius 3 is 2.65 bits per heavy atom. The summed E-state index contributed by atoms with van der Waals surface area (Å²) in [5.41, 5.74) is -0.987. The third-order valence-corrected chi connectivity index (χ3v) is 2.69. The van der Waals surface area contributed by atoms with Gasteiger partial charge in [-0.15, -0.1) is 0 Å². The van der Waals surface area contributed by atoms with E-state index in [0.717, 1.165) is 11.1 Å². The van der Waals surface area contributed by atoms with Crippen LogP contribution >= 0.6 is 0 Å². The second-order valence-corrected chi connectivity index (χ2v) is 3.92. The molecule has 1 rings (SSSR count). The van der Waals surface area contributed by atoms with Gasteiger partial charge >= 0.3 is 5.69 Å². The van der Waals surface area contributed by atoms with Crippen molar-refractivity contribution in [3.63, 3.8) is 0 Å². The maximum absolute atomic E-state index is 11.8. The highest BCUT2D eigenvalue weighted by Gasteiger charge is 2.10. The van der Waals surface area contributed by atoms with Crippen LogP contribution in [-0.2, 0) is 6.54 Å². The van der Waals surface area contributed by atoms with Gasteiger partial charge in [-0.05, 0) is 20.5 Å². The average molecular weight is 239 g/mol. The van der Waals surface area contributed by atoms with Crippen LogP contribution in [0.25, 0.3) is 0 Å². The predicted molar refractivity (Wildman–Crippen MR) is 64.5 cm³/mol. The fourth-order valence-electron chi connectivity index (χ4n) is 1.40. The molecule has 0 aliphatic heterocycles. The number of aromatic amines is 1.